The molecule has 1 amide bonds. The van der Waals surface area contributed by atoms with Gasteiger partial charge in [-0.1, -0.05) is 48.1 Å². The number of nitrogens with one attached hydrogen (secondary N) is 1. The van der Waals surface area contributed by atoms with Crippen molar-refractivity contribution >= 4 is 23.5 Å². The van der Waals surface area contributed by atoms with Gasteiger partial charge in [-0.2, -0.15) is 0 Å². The third-order valence-corrected chi connectivity index (χ3v) is 8.05. The molecular formula is C34H33N5O11. The number of nitrogens with zero attached hydrogens (tertiary/aromatic N) is 4. The minimum atomic E-state index is -1.29. The smallest absolute Gasteiger partial charge is 0.338 e. The number of nitro benzene ring substituents is 1. The van der Waals surface area contributed by atoms with Crippen LogP contribution in [-0.2, 0) is 28.4 Å². The van der Waals surface area contributed by atoms with Gasteiger partial charge < -0.3 is 33.7 Å². The van der Waals surface area contributed by atoms with Crippen LogP contribution in [0.15, 0.2) is 102 Å². The van der Waals surface area contributed by atoms with Crippen molar-refractivity contribution in [2.45, 2.75) is 62.4 Å². The van der Waals surface area contributed by atoms with Crippen LogP contribution in [0.5, 0.6) is 0 Å². The quantitative estimate of drug-likeness (QED) is 0.0718. The zero-order chi connectivity index (χ0) is 35.8. The number of carbonyl (C=O) groups is 3. The average Bonchev–Trinajstić information content (AvgIpc) is 3.12. The van der Waals surface area contributed by atoms with E-state index in [0.717, 1.165) is 12.1 Å². The highest BCUT2D eigenvalue weighted by atomic mass is 16.7. The van der Waals surface area contributed by atoms with Crippen LogP contribution >= 0.6 is 0 Å². The summed E-state index contributed by atoms with van der Waals surface area (Å²) in [6.45, 7) is 5.50. The van der Waals surface area contributed by atoms with Crippen LogP contribution in [0.25, 0.3) is 10.4 Å². The van der Waals surface area contributed by atoms with E-state index in [0.29, 0.717) is 5.56 Å². The van der Waals surface area contributed by atoms with Gasteiger partial charge in [0.15, 0.2) is 12.4 Å². The van der Waals surface area contributed by atoms with E-state index in [-0.39, 0.29) is 29.0 Å². The second-order valence-corrected chi connectivity index (χ2v) is 11.3. The van der Waals surface area contributed by atoms with Crippen molar-refractivity contribution in [2.24, 2.45) is 5.11 Å². The molecule has 2 heterocycles. The first-order valence-electron chi connectivity index (χ1n) is 15.4. The van der Waals surface area contributed by atoms with E-state index in [2.05, 4.69) is 21.9 Å². The van der Waals surface area contributed by atoms with E-state index in [1.54, 1.807) is 67.6 Å². The fourth-order valence-corrected chi connectivity index (χ4v) is 5.58. The Morgan fingerprint density at radius 2 is 1.54 bits per heavy atom. The summed E-state index contributed by atoms with van der Waals surface area (Å²) in [4.78, 5) is 52.9. The van der Waals surface area contributed by atoms with Gasteiger partial charge in [0, 0.05) is 36.1 Å². The number of non-ortho nitro benzene ring substituents is 1. The van der Waals surface area contributed by atoms with Crippen LogP contribution in [0.4, 0.5) is 5.69 Å². The maximum atomic E-state index is 13.4. The van der Waals surface area contributed by atoms with E-state index in [1.165, 1.54) is 19.2 Å². The normalized spacial score (nSPS) is 26.0. The Morgan fingerprint density at radius 1 is 0.940 bits per heavy atom. The Hall–Kier alpha value is -5.80. The zero-order valence-electron chi connectivity index (χ0n) is 26.9. The summed E-state index contributed by atoms with van der Waals surface area (Å²) in [6.07, 6.45) is -6.92. The lowest BCUT2D eigenvalue weighted by atomic mass is 9.97. The van der Waals surface area contributed by atoms with Gasteiger partial charge in [-0.25, -0.2) is 9.59 Å². The van der Waals surface area contributed by atoms with Crippen molar-refractivity contribution in [3.63, 3.8) is 0 Å². The van der Waals surface area contributed by atoms with Crippen molar-refractivity contribution in [1.29, 1.82) is 0 Å². The SMILES string of the molecule is C=C1O[C@H](OC)[C@H](NC(=O)c2ccccc2)[C@@H](O[C@H]2C[C@H](N=[N+]=[N-])[C@@H](OC(=O)c3ccc([N+](=O)[O-])cc3)[C@H](C)O2)[C@@H]1OC(=O)c1ccccc1. The summed E-state index contributed by atoms with van der Waals surface area (Å²) in [6, 6.07) is 19.3. The molecule has 2 saturated heterocycles. The Labute approximate surface area is 285 Å². The van der Waals surface area contributed by atoms with Gasteiger partial charge in [-0.3, -0.25) is 14.9 Å². The number of benzene rings is 3. The van der Waals surface area contributed by atoms with Crippen molar-refractivity contribution in [3.8, 4) is 0 Å². The molecule has 50 heavy (non-hydrogen) atoms. The van der Waals surface area contributed by atoms with Crippen LogP contribution in [0, 0.1) is 10.1 Å². The van der Waals surface area contributed by atoms with E-state index >= 15 is 0 Å². The first-order valence-corrected chi connectivity index (χ1v) is 15.4. The lowest BCUT2D eigenvalue weighted by Crippen LogP contribution is -2.63. The lowest BCUT2D eigenvalue weighted by molar-refractivity contribution is -0.384. The highest BCUT2D eigenvalue weighted by Gasteiger charge is 2.50. The molecule has 16 heteroatoms. The minimum absolute atomic E-state index is 0.0262. The Morgan fingerprint density at radius 3 is 2.14 bits per heavy atom. The van der Waals surface area contributed by atoms with Crippen LogP contribution in [0.3, 0.4) is 0 Å². The minimum Gasteiger partial charge on any atom is -0.463 e. The highest BCUT2D eigenvalue weighted by Crippen LogP contribution is 2.34. The first kappa shape index (κ1) is 35.5. The molecule has 2 aliphatic heterocycles. The second kappa shape index (κ2) is 16.1. The Bertz CT molecular complexity index is 1750. The van der Waals surface area contributed by atoms with Gasteiger partial charge in [0.1, 0.15) is 24.0 Å². The summed E-state index contributed by atoms with van der Waals surface area (Å²) in [5.41, 5.74) is 9.78. The number of amides is 1. The molecule has 16 nitrogen and oxygen atoms in total. The van der Waals surface area contributed by atoms with Gasteiger partial charge >= 0.3 is 11.9 Å². The number of hydrogen-bond acceptors (Lipinski definition) is 12. The molecule has 5 rings (SSSR count). The molecule has 260 valence electrons. The average molecular weight is 688 g/mol. The van der Waals surface area contributed by atoms with Crippen LogP contribution in [0.2, 0.25) is 0 Å². The predicted molar refractivity (Wildman–Crippen MR) is 173 cm³/mol. The molecule has 2 fully saturated rings. The molecule has 0 radical (unpaired) electrons. The van der Waals surface area contributed by atoms with Crippen molar-refractivity contribution in [2.75, 3.05) is 7.11 Å². The molecular weight excluding hydrogens is 654 g/mol. The highest BCUT2D eigenvalue weighted by molar-refractivity contribution is 5.94. The van der Waals surface area contributed by atoms with E-state index in [4.69, 9.17) is 28.4 Å². The Balaban J connectivity index is 1.40. The van der Waals surface area contributed by atoms with Gasteiger partial charge in [0.25, 0.3) is 11.6 Å². The fraction of sp³-hybridized carbons (Fsp3) is 0.324. The molecule has 3 aromatic rings. The monoisotopic (exact) mass is 687 g/mol. The molecule has 0 bridgehead atoms. The van der Waals surface area contributed by atoms with Crippen LogP contribution in [-0.4, -0.2) is 79.0 Å². The Kier molecular flexibility index (Phi) is 11.4. The first-order chi connectivity index (χ1) is 24.1. The van der Waals surface area contributed by atoms with Crippen molar-refractivity contribution < 1.29 is 47.7 Å². The number of carbonyl (C=O) groups excluding carboxylic acids is 3. The van der Waals surface area contributed by atoms with Gasteiger partial charge in [0.2, 0.25) is 6.29 Å². The summed E-state index contributed by atoms with van der Waals surface area (Å²) in [7, 11) is 1.35. The van der Waals surface area contributed by atoms with Crippen LogP contribution < -0.4 is 5.32 Å². The molecule has 3 aromatic carbocycles. The number of rotatable bonds is 11. The number of azide groups is 1. The zero-order valence-corrected chi connectivity index (χ0v) is 26.9. The van der Waals surface area contributed by atoms with Gasteiger partial charge in [0.05, 0.1) is 28.2 Å². The number of hydrogen-bond donors (Lipinski definition) is 1. The lowest BCUT2D eigenvalue weighted by Gasteiger charge is -2.45. The maximum Gasteiger partial charge on any atom is 0.338 e. The molecule has 0 aromatic heterocycles. The van der Waals surface area contributed by atoms with Crippen molar-refractivity contribution in [3.05, 3.63) is 135 Å². The second-order valence-electron chi connectivity index (χ2n) is 11.3. The molecule has 8 atom stereocenters. The summed E-state index contributed by atoms with van der Waals surface area (Å²) >= 11 is 0. The molecule has 0 aliphatic carbocycles. The third-order valence-electron chi connectivity index (χ3n) is 8.05. The predicted octanol–water partition coefficient (Wildman–Crippen LogP) is 4.86. The standard InChI is InChI=1S/C34H33N5O11/c1-19-28(49-33(42)23-14-16-24(17-15-23)39(43)44)25(37-38-35)18-26(46-19)48-30-27(36-31(40)21-10-6-4-7-11-21)34(45-3)47-20(2)29(30)50-32(41)22-12-8-5-9-13-22/h4-17,19,25-30,34H,2,18H2,1,3H3,(H,36,40)/t19-,25-,26-,27+,28-,29+,30+,34-/m0/s1. The number of methoxy groups -OCH3 is 1. The van der Waals surface area contributed by atoms with Gasteiger partial charge in [-0.05, 0) is 48.9 Å². The molecule has 2 aliphatic rings. The van der Waals surface area contributed by atoms with Crippen LogP contribution in [0.1, 0.15) is 44.4 Å². The third kappa shape index (κ3) is 8.25. The summed E-state index contributed by atoms with van der Waals surface area (Å²) in [5.74, 6) is -2.07. The number of ether oxygens (including phenoxy) is 6. The fourth-order valence-electron chi connectivity index (χ4n) is 5.58. The van der Waals surface area contributed by atoms with E-state index in [1.807, 2.05) is 0 Å². The topological polar surface area (TPSA) is 211 Å². The maximum absolute atomic E-state index is 13.4. The largest absolute Gasteiger partial charge is 0.463 e. The van der Waals surface area contributed by atoms with Crippen molar-refractivity contribution in [1.82, 2.24) is 5.32 Å². The number of nitro groups is 1. The molecule has 0 saturated carbocycles. The van der Waals surface area contributed by atoms with E-state index < -0.39 is 71.8 Å². The summed E-state index contributed by atoms with van der Waals surface area (Å²) in [5, 5.41) is 17.7. The van der Waals surface area contributed by atoms with E-state index in [9.17, 15) is 30.0 Å². The van der Waals surface area contributed by atoms with Gasteiger partial charge in [-0.15, -0.1) is 0 Å². The molecule has 1 N–H and O–H groups in total. The molecule has 0 unspecified atom stereocenters. The molecule has 0 spiro atoms. The number of esters is 2. The summed E-state index contributed by atoms with van der Waals surface area (Å²) < 4.78 is 35.5.